The highest BCUT2D eigenvalue weighted by molar-refractivity contribution is 5.78. The van der Waals surface area contributed by atoms with E-state index in [1.54, 1.807) is 6.26 Å². The highest BCUT2D eigenvalue weighted by atomic mass is 16.5. The van der Waals surface area contributed by atoms with Crippen LogP contribution in [0.3, 0.4) is 0 Å². The average molecular weight is 513 g/mol. The van der Waals surface area contributed by atoms with Gasteiger partial charge >= 0.3 is 0 Å². The summed E-state index contributed by atoms with van der Waals surface area (Å²) in [6.45, 7) is 2.95. The number of amides is 1. The van der Waals surface area contributed by atoms with E-state index < -0.39 is 0 Å². The van der Waals surface area contributed by atoms with Crippen LogP contribution < -0.4 is 5.32 Å². The lowest BCUT2D eigenvalue weighted by Crippen LogP contribution is -2.37. The molecule has 2 fully saturated rings. The van der Waals surface area contributed by atoms with Gasteiger partial charge in [-0.1, -0.05) is 48.0 Å². The largest absolute Gasteiger partial charge is 0.464 e. The summed E-state index contributed by atoms with van der Waals surface area (Å²) in [5.74, 6) is 2.56. The number of rotatable bonds is 10. The van der Waals surface area contributed by atoms with E-state index in [2.05, 4.69) is 51.8 Å². The van der Waals surface area contributed by atoms with Crippen LogP contribution in [-0.4, -0.2) is 40.6 Å². The first kappa shape index (κ1) is 24.9. The fraction of sp³-hybridized carbons (Fsp3) is 0.452. The first-order valence-corrected chi connectivity index (χ1v) is 14.0. The van der Waals surface area contributed by atoms with Gasteiger partial charge in [-0.05, 0) is 80.4 Å². The third-order valence-electron chi connectivity index (χ3n) is 8.27. The van der Waals surface area contributed by atoms with Gasteiger partial charge in [-0.25, -0.2) is 0 Å². The summed E-state index contributed by atoms with van der Waals surface area (Å²) in [4.78, 5) is 19.9. The summed E-state index contributed by atoms with van der Waals surface area (Å²) < 4.78 is 11.1. The van der Waals surface area contributed by atoms with Gasteiger partial charge in [0.15, 0.2) is 5.82 Å². The zero-order chi connectivity index (χ0) is 25.7. The van der Waals surface area contributed by atoms with Gasteiger partial charge in [-0.2, -0.15) is 4.98 Å². The van der Waals surface area contributed by atoms with Crippen LogP contribution in [0.5, 0.6) is 0 Å². The van der Waals surface area contributed by atoms with Gasteiger partial charge < -0.3 is 19.2 Å². The van der Waals surface area contributed by atoms with Crippen LogP contribution in [0.1, 0.15) is 79.7 Å². The molecule has 4 aromatic rings. The summed E-state index contributed by atoms with van der Waals surface area (Å²) in [6, 6.07) is 18.6. The quantitative estimate of drug-likeness (QED) is 0.280. The van der Waals surface area contributed by atoms with Gasteiger partial charge in [0, 0.05) is 30.7 Å². The Hall–Kier alpha value is -3.45. The van der Waals surface area contributed by atoms with Crippen molar-refractivity contribution in [1.82, 2.24) is 20.4 Å². The van der Waals surface area contributed by atoms with Crippen molar-refractivity contribution >= 4 is 16.9 Å². The van der Waals surface area contributed by atoms with E-state index in [0.29, 0.717) is 24.7 Å². The van der Waals surface area contributed by atoms with Crippen LogP contribution >= 0.6 is 0 Å². The lowest BCUT2D eigenvalue weighted by atomic mass is 9.83. The number of carbonyl (C=O) groups excluding carboxylic acids is 1. The van der Waals surface area contributed by atoms with Crippen molar-refractivity contribution in [1.29, 1.82) is 0 Å². The lowest BCUT2D eigenvalue weighted by Gasteiger charge is -2.32. The van der Waals surface area contributed by atoms with Crippen LogP contribution in [0.25, 0.3) is 11.0 Å². The van der Waals surface area contributed by atoms with E-state index in [1.165, 1.54) is 24.8 Å². The molecule has 1 atom stereocenters. The van der Waals surface area contributed by atoms with Crippen LogP contribution in [0.2, 0.25) is 0 Å². The number of likely N-dealkylation sites (tertiary alicyclic amines) is 1. The molecular formula is C31H36N4O3. The van der Waals surface area contributed by atoms with Gasteiger partial charge in [-0.3, -0.25) is 4.79 Å². The number of fused-ring (bicyclic) bond motifs is 1. The molecule has 1 amide bonds. The van der Waals surface area contributed by atoms with Gasteiger partial charge in [0.2, 0.25) is 11.8 Å². The Morgan fingerprint density at radius 2 is 1.89 bits per heavy atom. The maximum Gasteiger partial charge on any atom is 0.229 e. The molecule has 1 saturated carbocycles. The Morgan fingerprint density at radius 1 is 1.05 bits per heavy atom. The van der Waals surface area contributed by atoms with Crippen molar-refractivity contribution in [2.24, 2.45) is 5.92 Å². The van der Waals surface area contributed by atoms with Crippen molar-refractivity contribution in [3.8, 4) is 0 Å². The Balaban J connectivity index is 1.00. The molecule has 1 aliphatic carbocycles. The van der Waals surface area contributed by atoms with Crippen molar-refractivity contribution in [3.63, 3.8) is 0 Å². The number of aromatic nitrogens is 2. The Kier molecular flexibility index (Phi) is 7.54. The average Bonchev–Trinajstić information content (AvgIpc) is 3.59. The molecular weight excluding hydrogens is 476 g/mol. The van der Waals surface area contributed by atoms with Gasteiger partial charge in [0.05, 0.1) is 12.3 Å². The Bertz CT molecular complexity index is 1340. The van der Waals surface area contributed by atoms with E-state index in [0.717, 1.165) is 67.1 Å². The number of piperidine rings is 1. The minimum atomic E-state index is 0.0567. The third kappa shape index (κ3) is 5.99. The van der Waals surface area contributed by atoms with Crippen LogP contribution in [0.4, 0.5) is 0 Å². The number of hydrogen-bond donors (Lipinski definition) is 1. The van der Waals surface area contributed by atoms with Crippen LogP contribution in [0.15, 0.2) is 69.8 Å². The summed E-state index contributed by atoms with van der Waals surface area (Å²) in [7, 11) is 0. The SMILES string of the molecule is O=C(CC1CCC1)N[C@@H](CCN1CCC(c2nc(Cc3ccc4occc4c3)no2)CC1)c1ccccc1. The molecule has 2 aromatic heterocycles. The van der Waals surface area contributed by atoms with Crippen molar-refractivity contribution in [2.45, 2.75) is 63.3 Å². The molecule has 1 N–H and O–H groups in total. The maximum atomic E-state index is 12.7. The molecule has 1 saturated heterocycles. The maximum absolute atomic E-state index is 12.7. The molecule has 2 aliphatic rings. The standard InChI is InChI=1S/C31H36N4O3/c36-30(21-22-5-4-6-22)32-27(24-7-2-1-3-8-24)13-17-35-15-11-25(12-16-35)31-33-29(34-38-31)20-23-9-10-28-26(19-23)14-18-37-28/h1-3,7-10,14,18-19,22,25,27H,4-6,11-13,15-17,20-21H2,(H,32,36)/t27-/m0/s1. The zero-order valence-electron chi connectivity index (χ0n) is 21.9. The molecule has 38 heavy (non-hydrogen) atoms. The second-order valence-electron chi connectivity index (χ2n) is 11.0. The van der Waals surface area contributed by atoms with Crippen molar-refractivity contribution in [2.75, 3.05) is 19.6 Å². The van der Waals surface area contributed by atoms with Gasteiger partial charge in [-0.15, -0.1) is 0 Å². The summed E-state index contributed by atoms with van der Waals surface area (Å²) in [5.41, 5.74) is 3.23. The Morgan fingerprint density at radius 3 is 2.68 bits per heavy atom. The zero-order valence-corrected chi connectivity index (χ0v) is 21.9. The van der Waals surface area contributed by atoms with Crippen molar-refractivity contribution < 1.29 is 13.7 Å². The molecule has 6 rings (SSSR count). The third-order valence-corrected chi connectivity index (χ3v) is 8.27. The summed E-state index contributed by atoms with van der Waals surface area (Å²) >= 11 is 0. The molecule has 7 heteroatoms. The first-order chi connectivity index (χ1) is 18.7. The second-order valence-corrected chi connectivity index (χ2v) is 11.0. The first-order valence-electron chi connectivity index (χ1n) is 14.0. The number of carbonyl (C=O) groups is 1. The molecule has 0 bridgehead atoms. The monoisotopic (exact) mass is 512 g/mol. The highest BCUT2D eigenvalue weighted by Gasteiger charge is 2.27. The fourth-order valence-corrected chi connectivity index (χ4v) is 5.75. The molecule has 2 aromatic carbocycles. The highest BCUT2D eigenvalue weighted by Crippen LogP contribution is 2.30. The van der Waals surface area contributed by atoms with Crippen LogP contribution in [0, 0.1) is 5.92 Å². The molecule has 1 aliphatic heterocycles. The number of nitrogens with zero attached hydrogens (tertiary/aromatic N) is 3. The molecule has 0 radical (unpaired) electrons. The summed E-state index contributed by atoms with van der Waals surface area (Å²) in [6.07, 6.45) is 9.61. The minimum absolute atomic E-state index is 0.0567. The molecule has 0 spiro atoms. The number of hydrogen-bond acceptors (Lipinski definition) is 6. The predicted molar refractivity (Wildman–Crippen MR) is 146 cm³/mol. The van der Waals surface area contributed by atoms with E-state index in [4.69, 9.17) is 13.9 Å². The van der Waals surface area contributed by atoms with Crippen LogP contribution in [-0.2, 0) is 11.2 Å². The lowest BCUT2D eigenvalue weighted by molar-refractivity contribution is -0.123. The van der Waals surface area contributed by atoms with E-state index in [1.807, 2.05) is 18.2 Å². The van der Waals surface area contributed by atoms with Gasteiger partial charge in [0.1, 0.15) is 5.58 Å². The van der Waals surface area contributed by atoms with E-state index in [9.17, 15) is 4.79 Å². The Labute approximate surface area is 223 Å². The summed E-state index contributed by atoms with van der Waals surface area (Å²) in [5, 5.41) is 8.68. The molecule has 7 nitrogen and oxygen atoms in total. The fourth-order valence-electron chi connectivity index (χ4n) is 5.75. The normalized spacial score (nSPS) is 17.9. The minimum Gasteiger partial charge on any atom is -0.464 e. The molecule has 3 heterocycles. The molecule has 0 unspecified atom stereocenters. The topological polar surface area (TPSA) is 84.4 Å². The van der Waals surface area contributed by atoms with E-state index in [-0.39, 0.29) is 11.9 Å². The predicted octanol–water partition coefficient (Wildman–Crippen LogP) is 6.02. The number of nitrogens with one attached hydrogen (secondary N) is 1. The number of benzene rings is 2. The van der Waals surface area contributed by atoms with E-state index >= 15 is 0 Å². The second kappa shape index (κ2) is 11.5. The molecule has 198 valence electrons. The van der Waals surface area contributed by atoms with Crippen molar-refractivity contribution in [3.05, 3.63) is 83.7 Å². The van der Waals surface area contributed by atoms with Gasteiger partial charge in [0.25, 0.3) is 0 Å². The number of furan rings is 1. The smallest absolute Gasteiger partial charge is 0.229 e.